The molecule has 1 aromatic carbocycles. The topological polar surface area (TPSA) is 25.2 Å². The van der Waals surface area contributed by atoms with Gasteiger partial charge in [0.25, 0.3) is 0 Å². The van der Waals surface area contributed by atoms with Crippen molar-refractivity contribution in [1.29, 1.82) is 0 Å². The molecule has 2 nitrogen and oxygen atoms in total. The molecule has 0 radical (unpaired) electrons. The molecule has 2 aromatic rings. The van der Waals surface area contributed by atoms with Crippen molar-refractivity contribution >= 4 is 10.9 Å². The van der Waals surface area contributed by atoms with Gasteiger partial charge < -0.3 is 9.67 Å². The number of rotatable bonds is 1. The van der Waals surface area contributed by atoms with E-state index in [0.29, 0.717) is 0 Å². The fourth-order valence-electron chi connectivity index (χ4n) is 1.69. The minimum Gasteiger partial charge on any atom is -0.374 e. The van der Waals surface area contributed by atoms with Crippen LogP contribution >= 0.6 is 0 Å². The number of aromatic nitrogens is 1. The van der Waals surface area contributed by atoms with Gasteiger partial charge >= 0.3 is 0 Å². The maximum atomic E-state index is 9.50. The Morgan fingerprint density at radius 3 is 2.69 bits per heavy atom. The van der Waals surface area contributed by atoms with Crippen molar-refractivity contribution in [3.05, 3.63) is 36.0 Å². The molecule has 0 amide bonds. The highest BCUT2D eigenvalue weighted by Crippen LogP contribution is 2.22. The summed E-state index contributed by atoms with van der Waals surface area (Å²) in [5.74, 6) is 0. The van der Waals surface area contributed by atoms with Gasteiger partial charge in [-0.15, -0.1) is 0 Å². The number of nitrogens with zero attached hydrogens (tertiary/aromatic N) is 1. The molecule has 68 valence electrons. The quantitative estimate of drug-likeness (QED) is 0.707. The van der Waals surface area contributed by atoms with Crippen LogP contribution in [-0.4, -0.2) is 9.67 Å². The molecule has 0 spiro atoms. The van der Waals surface area contributed by atoms with E-state index >= 15 is 0 Å². The predicted octanol–water partition coefficient (Wildman–Crippen LogP) is 2.46. The van der Waals surface area contributed by atoms with Gasteiger partial charge in [-0.1, -0.05) is 18.2 Å². The Morgan fingerprint density at radius 1 is 1.31 bits per heavy atom. The molecule has 0 saturated heterocycles. The Hall–Kier alpha value is -1.28. The third kappa shape index (κ3) is 1.23. The first-order valence-electron chi connectivity index (χ1n) is 4.44. The summed E-state index contributed by atoms with van der Waals surface area (Å²) in [6.07, 6.45) is 1.52. The van der Waals surface area contributed by atoms with E-state index in [-0.39, 0.29) is 0 Å². The van der Waals surface area contributed by atoms with Gasteiger partial charge in [0.15, 0.2) is 0 Å². The van der Waals surface area contributed by atoms with Crippen LogP contribution in [0.3, 0.4) is 0 Å². The first-order valence-corrected chi connectivity index (χ1v) is 4.44. The van der Waals surface area contributed by atoms with Crippen LogP contribution in [0.5, 0.6) is 0 Å². The largest absolute Gasteiger partial charge is 0.374 e. The van der Waals surface area contributed by atoms with Crippen molar-refractivity contribution in [2.75, 3.05) is 0 Å². The lowest BCUT2D eigenvalue weighted by atomic mass is 10.2. The second-order valence-corrected chi connectivity index (χ2v) is 3.37. The minimum absolute atomic E-state index is 0.460. The van der Waals surface area contributed by atoms with Crippen molar-refractivity contribution in [3.8, 4) is 0 Å². The van der Waals surface area contributed by atoms with Crippen molar-refractivity contribution in [1.82, 2.24) is 4.57 Å². The molecule has 0 aliphatic heterocycles. The first-order chi connectivity index (χ1) is 6.20. The molecule has 0 bridgehead atoms. The van der Waals surface area contributed by atoms with Crippen molar-refractivity contribution in [2.24, 2.45) is 0 Å². The number of aliphatic hydroxyl groups excluding tert-OH is 1. The lowest BCUT2D eigenvalue weighted by molar-refractivity contribution is 0.129. The summed E-state index contributed by atoms with van der Waals surface area (Å²) in [5.41, 5.74) is 2.30. The normalized spacial score (nSPS) is 13.5. The lowest BCUT2D eigenvalue weighted by Gasteiger charge is -2.07. The summed E-state index contributed by atoms with van der Waals surface area (Å²) < 4.78 is 1.88. The zero-order chi connectivity index (χ0) is 9.42. The number of para-hydroxylation sites is 1. The SMILES string of the molecule is Cc1cn(C(C)O)c2ccccc12. The van der Waals surface area contributed by atoms with Gasteiger partial charge in [0.2, 0.25) is 0 Å². The molecular weight excluding hydrogens is 162 g/mol. The van der Waals surface area contributed by atoms with Crippen LogP contribution in [0.4, 0.5) is 0 Å². The molecule has 13 heavy (non-hydrogen) atoms. The van der Waals surface area contributed by atoms with E-state index in [9.17, 15) is 5.11 Å². The Kier molecular flexibility index (Phi) is 1.85. The Bertz CT molecular complexity index is 429. The second-order valence-electron chi connectivity index (χ2n) is 3.37. The summed E-state index contributed by atoms with van der Waals surface area (Å²) in [6, 6.07) is 8.10. The molecule has 1 unspecified atom stereocenters. The Morgan fingerprint density at radius 2 is 2.00 bits per heavy atom. The standard InChI is InChI=1S/C11H13NO/c1-8-7-12(9(2)13)11-6-4-3-5-10(8)11/h3-7,9,13H,1-2H3. The highest BCUT2D eigenvalue weighted by Gasteiger charge is 2.06. The monoisotopic (exact) mass is 175 g/mol. The van der Waals surface area contributed by atoms with Gasteiger partial charge in [0.05, 0.1) is 5.52 Å². The van der Waals surface area contributed by atoms with Crippen LogP contribution in [0.25, 0.3) is 10.9 Å². The van der Waals surface area contributed by atoms with Crippen LogP contribution < -0.4 is 0 Å². The molecule has 0 aliphatic carbocycles. The minimum atomic E-state index is -0.460. The van der Waals surface area contributed by atoms with Crippen LogP contribution in [-0.2, 0) is 0 Å². The Balaban J connectivity index is 2.78. The highest BCUT2D eigenvalue weighted by atomic mass is 16.3. The summed E-state index contributed by atoms with van der Waals surface area (Å²) >= 11 is 0. The molecule has 1 heterocycles. The Labute approximate surface area is 77.4 Å². The average molecular weight is 175 g/mol. The molecule has 1 N–H and O–H groups in total. The van der Waals surface area contributed by atoms with Crippen LogP contribution in [0.1, 0.15) is 18.7 Å². The number of aryl methyl sites for hydroxylation is 1. The molecule has 0 saturated carbocycles. The summed E-state index contributed by atoms with van der Waals surface area (Å²) in [5, 5.41) is 10.7. The average Bonchev–Trinajstić information content (AvgIpc) is 2.45. The molecule has 0 aliphatic rings. The van der Waals surface area contributed by atoms with Gasteiger partial charge in [-0.05, 0) is 25.5 Å². The van der Waals surface area contributed by atoms with E-state index in [1.54, 1.807) is 6.92 Å². The molecule has 2 heteroatoms. The van der Waals surface area contributed by atoms with Crippen LogP contribution in [0.2, 0.25) is 0 Å². The van der Waals surface area contributed by atoms with Gasteiger partial charge in [-0.3, -0.25) is 0 Å². The number of benzene rings is 1. The zero-order valence-corrected chi connectivity index (χ0v) is 7.86. The maximum absolute atomic E-state index is 9.50. The fraction of sp³-hybridized carbons (Fsp3) is 0.273. The number of hydrogen-bond acceptors (Lipinski definition) is 1. The second kappa shape index (κ2) is 2.89. The molecule has 2 rings (SSSR count). The maximum Gasteiger partial charge on any atom is 0.127 e. The molecular formula is C11H13NO. The summed E-state index contributed by atoms with van der Waals surface area (Å²) in [4.78, 5) is 0. The number of hydrogen-bond donors (Lipinski definition) is 1. The van der Waals surface area contributed by atoms with E-state index in [2.05, 4.69) is 13.0 Å². The van der Waals surface area contributed by atoms with E-state index < -0.39 is 6.23 Å². The predicted molar refractivity (Wildman–Crippen MR) is 53.6 cm³/mol. The molecule has 1 atom stereocenters. The van der Waals surface area contributed by atoms with E-state index in [1.807, 2.05) is 29.0 Å². The summed E-state index contributed by atoms with van der Waals surface area (Å²) in [7, 11) is 0. The third-order valence-electron chi connectivity index (χ3n) is 2.34. The number of aliphatic hydroxyl groups is 1. The molecule has 0 fully saturated rings. The van der Waals surface area contributed by atoms with Gasteiger partial charge in [0.1, 0.15) is 6.23 Å². The van der Waals surface area contributed by atoms with Gasteiger partial charge in [-0.25, -0.2) is 0 Å². The first kappa shape index (κ1) is 8.32. The smallest absolute Gasteiger partial charge is 0.127 e. The van der Waals surface area contributed by atoms with Crippen LogP contribution in [0, 0.1) is 6.92 Å². The number of fused-ring (bicyclic) bond motifs is 1. The van der Waals surface area contributed by atoms with Crippen LogP contribution in [0.15, 0.2) is 30.5 Å². The van der Waals surface area contributed by atoms with E-state index in [1.165, 1.54) is 10.9 Å². The van der Waals surface area contributed by atoms with Gasteiger partial charge in [-0.2, -0.15) is 0 Å². The molecule has 1 aromatic heterocycles. The van der Waals surface area contributed by atoms with E-state index in [0.717, 1.165) is 5.52 Å². The fourth-order valence-corrected chi connectivity index (χ4v) is 1.69. The third-order valence-corrected chi connectivity index (χ3v) is 2.34. The highest BCUT2D eigenvalue weighted by molar-refractivity contribution is 5.83. The van der Waals surface area contributed by atoms with E-state index in [4.69, 9.17) is 0 Å². The van der Waals surface area contributed by atoms with Gasteiger partial charge in [0, 0.05) is 11.6 Å². The van der Waals surface area contributed by atoms with Crippen molar-refractivity contribution < 1.29 is 5.11 Å². The summed E-state index contributed by atoms with van der Waals surface area (Å²) in [6.45, 7) is 3.83. The van der Waals surface area contributed by atoms with Crippen molar-refractivity contribution in [3.63, 3.8) is 0 Å². The van der Waals surface area contributed by atoms with Crippen molar-refractivity contribution in [2.45, 2.75) is 20.1 Å². The lowest BCUT2D eigenvalue weighted by Crippen LogP contribution is -2.00. The zero-order valence-electron chi connectivity index (χ0n) is 7.86.